The number of carbonyl (C=O) groups is 1. The van der Waals surface area contributed by atoms with Crippen LogP contribution in [0.1, 0.15) is 110 Å². The molecule has 31 heavy (non-hydrogen) atoms. The van der Waals surface area contributed by atoms with Gasteiger partial charge in [0.25, 0.3) is 0 Å². The van der Waals surface area contributed by atoms with Gasteiger partial charge in [0.1, 0.15) is 12.4 Å². The number of phosphoric ester groups is 1. The van der Waals surface area contributed by atoms with E-state index in [1.54, 1.807) is 0 Å². The van der Waals surface area contributed by atoms with Crippen LogP contribution in [0.3, 0.4) is 0 Å². The molecule has 2 aliphatic heterocycles. The number of allylic oxidation sites excluding steroid dienone is 1. The minimum Gasteiger partial charge on any atom is -0.461 e. The van der Waals surface area contributed by atoms with Gasteiger partial charge in [0, 0.05) is 6.42 Å². The van der Waals surface area contributed by atoms with E-state index in [2.05, 4.69) is 6.92 Å². The normalized spacial score (nSPS) is 23.4. The molecule has 0 aromatic rings. The summed E-state index contributed by atoms with van der Waals surface area (Å²) in [6.45, 7) is 4.84. The second-order valence-electron chi connectivity index (χ2n) is 8.75. The fourth-order valence-corrected chi connectivity index (χ4v) is 5.55. The monoisotopic (exact) mass is 458 g/mol. The first-order chi connectivity index (χ1) is 15.1. The van der Waals surface area contributed by atoms with Crippen LogP contribution in [0.4, 0.5) is 0 Å². The Labute approximate surface area is 189 Å². The Bertz CT molecular complexity index is 603. The van der Waals surface area contributed by atoms with Crippen molar-refractivity contribution in [1.29, 1.82) is 0 Å². The second-order valence-corrected chi connectivity index (χ2v) is 10.3. The molecule has 2 atom stereocenters. The van der Waals surface area contributed by atoms with E-state index in [1.807, 2.05) is 6.92 Å². The average Bonchev–Trinajstić information content (AvgIpc) is 3.06. The van der Waals surface area contributed by atoms with Crippen LogP contribution in [0.15, 0.2) is 11.3 Å². The fraction of sp³-hybridized carbons (Fsp3) is 0.875. The first-order valence-corrected chi connectivity index (χ1v) is 14.0. The van der Waals surface area contributed by atoms with Crippen LogP contribution < -0.4 is 0 Å². The van der Waals surface area contributed by atoms with Gasteiger partial charge in [0.15, 0.2) is 0 Å². The molecule has 6 nitrogen and oxygen atoms in total. The van der Waals surface area contributed by atoms with Crippen molar-refractivity contribution in [3.63, 3.8) is 0 Å². The predicted octanol–water partition coefficient (Wildman–Crippen LogP) is 7.48. The van der Waals surface area contributed by atoms with Crippen molar-refractivity contribution in [1.82, 2.24) is 0 Å². The number of cyclic esters (lactones) is 1. The van der Waals surface area contributed by atoms with Crippen molar-refractivity contribution >= 4 is 13.8 Å². The Kier molecular flexibility index (Phi) is 12.8. The molecule has 0 N–H and O–H groups in total. The zero-order chi connectivity index (χ0) is 22.4. The van der Waals surface area contributed by atoms with Crippen molar-refractivity contribution < 1.29 is 27.7 Å². The number of unbranched alkanes of at least 4 members (excludes halogenated alkanes) is 13. The molecule has 0 amide bonds. The van der Waals surface area contributed by atoms with Crippen LogP contribution in [0.5, 0.6) is 0 Å². The summed E-state index contributed by atoms with van der Waals surface area (Å²) in [4.78, 5) is 11.9. The van der Waals surface area contributed by atoms with Crippen LogP contribution in [-0.2, 0) is 27.7 Å². The third kappa shape index (κ3) is 9.67. The molecule has 180 valence electrons. The van der Waals surface area contributed by atoms with Gasteiger partial charge in [0.05, 0.1) is 24.7 Å². The van der Waals surface area contributed by atoms with E-state index in [1.165, 1.54) is 77.0 Å². The zero-order valence-electron chi connectivity index (χ0n) is 19.7. The lowest BCUT2D eigenvalue weighted by atomic mass is 10.0. The van der Waals surface area contributed by atoms with Crippen molar-refractivity contribution in [2.24, 2.45) is 5.92 Å². The molecule has 0 spiro atoms. The van der Waals surface area contributed by atoms with Gasteiger partial charge in [0.2, 0.25) is 0 Å². The molecule has 0 aromatic carbocycles. The van der Waals surface area contributed by atoms with Gasteiger partial charge in [-0.1, -0.05) is 97.3 Å². The molecule has 0 aliphatic carbocycles. The number of hydrogen-bond acceptors (Lipinski definition) is 6. The van der Waals surface area contributed by atoms with Gasteiger partial charge in [-0.15, -0.1) is 0 Å². The number of hydrogen-bond donors (Lipinski definition) is 0. The second kappa shape index (κ2) is 15.1. The quantitative estimate of drug-likeness (QED) is 0.128. The SMILES string of the molecule is CCCCCCCCCCCCCCCCOP1(=O)OCC2COC(=O)C2=C(CC)O1. The largest absolute Gasteiger partial charge is 0.529 e. The molecular formula is C24H43O6P. The van der Waals surface area contributed by atoms with E-state index in [0.29, 0.717) is 24.4 Å². The minimum absolute atomic E-state index is 0.126. The van der Waals surface area contributed by atoms with E-state index < -0.39 is 13.8 Å². The summed E-state index contributed by atoms with van der Waals surface area (Å²) in [7, 11) is -3.66. The summed E-state index contributed by atoms with van der Waals surface area (Å²) in [6, 6.07) is 0. The summed E-state index contributed by atoms with van der Waals surface area (Å²) in [5.41, 5.74) is 0.459. The summed E-state index contributed by atoms with van der Waals surface area (Å²) in [5, 5.41) is 0. The topological polar surface area (TPSA) is 71.1 Å². The van der Waals surface area contributed by atoms with Crippen LogP contribution in [0.2, 0.25) is 0 Å². The highest BCUT2D eigenvalue weighted by molar-refractivity contribution is 7.48. The smallest absolute Gasteiger partial charge is 0.461 e. The zero-order valence-corrected chi connectivity index (χ0v) is 20.6. The number of carbonyl (C=O) groups excluding carboxylic acids is 1. The number of phosphoric acid groups is 1. The molecular weight excluding hydrogens is 415 g/mol. The van der Waals surface area contributed by atoms with Gasteiger partial charge in [-0.05, 0) is 6.42 Å². The van der Waals surface area contributed by atoms with E-state index in [-0.39, 0.29) is 19.1 Å². The summed E-state index contributed by atoms with van der Waals surface area (Å²) >= 11 is 0. The van der Waals surface area contributed by atoms with Gasteiger partial charge >= 0.3 is 13.8 Å². The summed E-state index contributed by atoms with van der Waals surface area (Å²) in [6.07, 6.45) is 18.4. The molecule has 7 heteroatoms. The van der Waals surface area contributed by atoms with Gasteiger partial charge in [-0.3, -0.25) is 9.05 Å². The number of rotatable bonds is 17. The molecule has 2 heterocycles. The van der Waals surface area contributed by atoms with E-state index >= 15 is 0 Å². The Hall–Kier alpha value is -0.840. The maximum atomic E-state index is 12.8. The van der Waals surface area contributed by atoms with E-state index in [0.717, 1.165) is 12.8 Å². The molecule has 1 saturated heterocycles. The maximum absolute atomic E-state index is 12.8. The number of esters is 1. The molecule has 0 radical (unpaired) electrons. The first kappa shape index (κ1) is 26.4. The van der Waals surface area contributed by atoms with Crippen LogP contribution in [0, 0.1) is 5.92 Å². The fourth-order valence-electron chi connectivity index (χ4n) is 4.16. The van der Waals surface area contributed by atoms with E-state index in [4.69, 9.17) is 18.3 Å². The van der Waals surface area contributed by atoms with Crippen LogP contribution >= 0.6 is 7.82 Å². The number of fused-ring (bicyclic) bond motifs is 1. The van der Waals surface area contributed by atoms with Crippen LogP contribution in [-0.4, -0.2) is 25.8 Å². The molecule has 2 aliphatic rings. The Morgan fingerprint density at radius 2 is 1.39 bits per heavy atom. The molecule has 1 fully saturated rings. The minimum atomic E-state index is -3.66. The molecule has 0 aromatic heterocycles. The third-order valence-corrected chi connectivity index (χ3v) is 7.48. The maximum Gasteiger partial charge on any atom is 0.529 e. The van der Waals surface area contributed by atoms with Gasteiger partial charge < -0.3 is 9.26 Å². The molecule has 0 saturated carbocycles. The Morgan fingerprint density at radius 3 is 1.94 bits per heavy atom. The summed E-state index contributed by atoms with van der Waals surface area (Å²) in [5.74, 6) is -0.233. The van der Waals surface area contributed by atoms with Crippen molar-refractivity contribution in [2.45, 2.75) is 110 Å². The Morgan fingerprint density at radius 1 is 0.839 bits per heavy atom. The third-order valence-electron chi connectivity index (χ3n) is 6.07. The first-order valence-electron chi connectivity index (χ1n) is 12.6. The highest BCUT2D eigenvalue weighted by Crippen LogP contribution is 2.55. The van der Waals surface area contributed by atoms with Crippen molar-refractivity contribution in [2.75, 3.05) is 19.8 Å². The van der Waals surface area contributed by atoms with E-state index in [9.17, 15) is 9.36 Å². The van der Waals surface area contributed by atoms with Gasteiger partial charge in [-0.2, -0.15) is 0 Å². The molecule has 2 unspecified atom stereocenters. The lowest BCUT2D eigenvalue weighted by Gasteiger charge is -2.17. The van der Waals surface area contributed by atoms with Crippen molar-refractivity contribution in [3.05, 3.63) is 11.3 Å². The van der Waals surface area contributed by atoms with Crippen molar-refractivity contribution in [3.8, 4) is 0 Å². The predicted molar refractivity (Wildman–Crippen MR) is 123 cm³/mol. The summed E-state index contributed by atoms with van der Waals surface area (Å²) < 4.78 is 34.4. The highest BCUT2D eigenvalue weighted by atomic mass is 31.2. The van der Waals surface area contributed by atoms with Gasteiger partial charge in [-0.25, -0.2) is 9.36 Å². The lowest BCUT2D eigenvalue weighted by Crippen LogP contribution is -2.10. The van der Waals surface area contributed by atoms with Crippen LogP contribution in [0.25, 0.3) is 0 Å². The highest BCUT2D eigenvalue weighted by Gasteiger charge is 2.42. The standard InChI is InChI=1S/C24H43O6P/c1-3-5-6-7-8-9-10-11-12-13-14-15-16-17-18-28-31(26)29-20-21-19-27-24(25)23(21)22(4-2)30-31/h21H,3-20H2,1-2H3. The lowest BCUT2D eigenvalue weighted by molar-refractivity contribution is -0.135. The molecule has 0 bridgehead atoms. The molecule has 2 rings (SSSR count). The average molecular weight is 459 g/mol. The Balaban J connectivity index is 1.49. The number of ether oxygens (including phenoxy) is 1.